The third-order valence-electron chi connectivity index (χ3n) is 2.22. The number of carbonyl (C=O) groups is 1. The molecule has 0 saturated carbocycles. The molecule has 2 heterocycles. The van der Waals surface area contributed by atoms with Crippen molar-refractivity contribution >= 4 is 23.3 Å². The molecule has 18 heavy (non-hydrogen) atoms. The second-order valence-corrected chi connectivity index (χ2v) is 4.27. The summed E-state index contributed by atoms with van der Waals surface area (Å²) < 4.78 is 5.09. The lowest BCUT2D eigenvalue weighted by Crippen LogP contribution is -2.23. The lowest BCUT2D eigenvalue weighted by molar-refractivity contribution is -0.117. The first kappa shape index (κ1) is 12.1. The first-order chi connectivity index (χ1) is 8.79. The minimum atomic E-state index is -0.403. The molecule has 2 aromatic heterocycles. The third kappa shape index (κ3) is 3.09. The molecule has 2 rings (SSSR count). The molecule has 0 aliphatic rings. The third-order valence-corrected chi connectivity index (χ3v) is 2.92. The van der Waals surface area contributed by atoms with Gasteiger partial charge in [0.15, 0.2) is 0 Å². The van der Waals surface area contributed by atoms with Gasteiger partial charge in [-0.2, -0.15) is 16.6 Å². The van der Waals surface area contributed by atoms with Crippen molar-refractivity contribution in [1.29, 1.82) is 5.26 Å². The topological polar surface area (TPSA) is 66.0 Å². The molecule has 4 nitrogen and oxygen atoms in total. The summed E-state index contributed by atoms with van der Waals surface area (Å²) in [6, 6.07) is 7.25. The van der Waals surface area contributed by atoms with Crippen molar-refractivity contribution in [3.8, 4) is 6.07 Å². The van der Waals surface area contributed by atoms with Crippen LogP contribution in [-0.4, -0.2) is 5.91 Å². The second-order valence-electron chi connectivity index (χ2n) is 3.49. The number of nitriles is 1. The van der Waals surface area contributed by atoms with Crippen LogP contribution < -0.4 is 5.32 Å². The fourth-order valence-electron chi connectivity index (χ4n) is 1.35. The van der Waals surface area contributed by atoms with Gasteiger partial charge in [-0.3, -0.25) is 4.79 Å². The summed E-state index contributed by atoms with van der Waals surface area (Å²) in [6.45, 7) is 0.272. The number of rotatable bonds is 4. The van der Waals surface area contributed by atoms with Crippen LogP contribution in [0.15, 0.2) is 45.2 Å². The summed E-state index contributed by atoms with van der Waals surface area (Å²) in [6.07, 6.45) is 3.10. The Morgan fingerprint density at radius 3 is 3.06 bits per heavy atom. The van der Waals surface area contributed by atoms with E-state index in [-0.39, 0.29) is 12.1 Å². The van der Waals surface area contributed by atoms with E-state index in [0.29, 0.717) is 5.76 Å². The quantitative estimate of drug-likeness (QED) is 0.677. The molecule has 1 N–H and O–H groups in total. The fourth-order valence-corrected chi connectivity index (χ4v) is 1.97. The van der Waals surface area contributed by atoms with Crippen LogP contribution in [0.1, 0.15) is 11.3 Å². The summed E-state index contributed by atoms with van der Waals surface area (Å²) in [5, 5.41) is 15.3. The van der Waals surface area contributed by atoms with Crippen molar-refractivity contribution < 1.29 is 9.21 Å². The van der Waals surface area contributed by atoms with Gasteiger partial charge in [-0.25, -0.2) is 0 Å². The Bertz CT molecular complexity index is 577. The van der Waals surface area contributed by atoms with Gasteiger partial charge in [0.1, 0.15) is 17.4 Å². The summed E-state index contributed by atoms with van der Waals surface area (Å²) in [4.78, 5) is 11.8. The lowest BCUT2D eigenvalue weighted by atomic mass is 10.2. The van der Waals surface area contributed by atoms with Crippen LogP contribution in [0.25, 0.3) is 6.08 Å². The summed E-state index contributed by atoms with van der Waals surface area (Å²) in [5.74, 6) is 0.247. The number of nitrogens with zero attached hydrogens (tertiary/aromatic N) is 1. The Morgan fingerprint density at radius 2 is 2.44 bits per heavy atom. The van der Waals surface area contributed by atoms with Crippen LogP contribution in [0.3, 0.4) is 0 Å². The molecule has 0 spiro atoms. The lowest BCUT2D eigenvalue weighted by Gasteiger charge is -2.01. The Kier molecular flexibility index (Phi) is 3.94. The van der Waals surface area contributed by atoms with Crippen molar-refractivity contribution in [3.63, 3.8) is 0 Å². The van der Waals surface area contributed by atoms with Crippen molar-refractivity contribution in [2.45, 2.75) is 6.54 Å². The molecule has 0 fully saturated rings. The van der Waals surface area contributed by atoms with Gasteiger partial charge in [0.05, 0.1) is 12.8 Å². The molecule has 0 unspecified atom stereocenters. The molecule has 5 heteroatoms. The number of carbonyl (C=O) groups excluding carboxylic acids is 1. The predicted molar refractivity (Wildman–Crippen MR) is 68.5 cm³/mol. The van der Waals surface area contributed by atoms with E-state index in [4.69, 9.17) is 9.68 Å². The average molecular weight is 258 g/mol. The number of furan rings is 1. The maximum atomic E-state index is 11.8. The number of hydrogen-bond acceptors (Lipinski definition) is 4. The van der Waals surface area contributed by atoms with Gasteiger partial charge >= 0.3 is 0 Å². The van der Waals surface area contributed by atoms with Gasteiger partial charge in [0.25, 0.3) is 5.91 Å². The molecule has 0 saturated heterocycles. The van der Waals surface area contributed by atoms with Crippen LogP contribution in [-0.2, 0) is 11.3 Å². The first-order valence-corrected chi connectivity index (χ1v) is 6.18. The van der Waals surface area contributed by atoms with Gasteiger partial charge in [0.2, 0.25) is 0 Å². The zero-order valence-corrected chi connectivity index (χ0v) is 10.2. The molecule has 90 valence electrons. The molecular weight excluding hydrogens is 248 g/mol. The van der Waals surface area contributed by atoms with Crippen molar-refractivity contribution in [3.05, 3.63) is 52.1 Å². The highest BCUT2D eigenvalue weighted by atomic mass is 32.1. The maximum Gasteiger partial charge on any atom is 0.262 e. The second kappa shape index (κ2) is 5.84. The van der Waals surface area contributed by atoms with E-state index in [9.17, 15) is 4.79 Å². The minimum Gasteiger partial charge on any atom is -0.467 e. The monoisotopic (exact) mass is 258 g/mol. The first-order valence-electron chi connectivity index (χ1n) is 5.24. The maximum absolute atomic E-state index is 11.8. The van der Waals surface area contributed by atoms with E-state index in [0.717, 1.165) is 5.56 Å². The molecule has 0 bridgehead atoms. The zero-order valence-electron chi connectivity index (χ0n) is 9.42. The molecular formula is C13H10N2O2S. The number of hydrogen-bond donors (Lipinski definition) is 1. The summed E-state index contributed by atoms with van der Waals surface area (Å²) >= 11 is 1.51. The van der Waals surface area contributed by atoms with E-state index >= 15 is 0 Å². The normalized spacial score (nSPS) is 10.9. The van der Waals surface area contributed by atoms with Crippen LogP contribution >= 0.6 is 11.3 Å². The Hall–Kier alpha value is -2.32. The van der Waals surface area contributed by atoms with Gasteiger partial charge in [-0.15, -0.1) is 0 Å². The van der Waals surface area contributed by atoms with Crippen LogP contribution in [0.2, 0.25) is 0 Å². The SMILES string of the molecule is N#CC(=Cc1ccsc1)C(=O)NCc1ccco1. The van der Waals surface area contributed by atoms with Crippen LogP contribution in [0.4, 0.5) is 0 Å². The van der Waals surface area contributed by atoms with Crippen LogP contribution in [0, 0.1) is 11.3 Å². The Balaban J connectivity index is 2.00. The van der Waals surface area contributed by atoms with Crippen molar-refractivity contribution in [2.24, 2.45) is 0 Å². The van der Waals surface area contributed by atoms with Gasteiger partial charge in [-0.05, 0) is 40.6 Å². The van der Waals surface area contributed by atoms with E-state index < -0.39 is 5.91 Å². The summed E-state index contributed by atoms with van der Waals surface area (Å²) in [5.41, 5.74) is 0.935. The minimum absolute atomic E-state index is 0.0833. The molecule has 0 aliphatic heterocycles. The van der Waals surface area contributed by atoms with Crippen LogP contribution in [0.5, 0.6) is 0 Å². The van der Waals surface area contributed by atoms with E-state index in [1.54, 1.807) is 18.2 Å². The highest BCUT2D eigenvalue weighted by molar-refractivity contribution is 7.08. The average Bonchev–Trinajstić information content (AvgIpc) is 3.06. The van der Waals surface area contributed by atoms with Gasteiger partial charge in [-0.1, -0.05) is 0 Å². The van der Waals surface area contributed by atoms with Crippen molar-refractivity contribution in [2.75, 3.05) is 0 Å². The van der Waals surface area contributed by atoms with Crippen molar-refractivity contribution in [1.82, 2.24) is 5.32 Å². The Morgan fingerprint density at radius 1 is 1.56 bits per heavy atom. The molecule has 0 radical (unpaired) electrons. The standard InChI is InChI=1S/C13H10N2O2S/c14-7-11(6-10-3-5-18-9-10)13(16)15-8-12-2-1-4-17-12/h1-6,9H,8H2,(H,15,16). The molecule has 0 atom stereocenters. The highest BCUT2D eigenvalue weighted by Gasteiger charge is 2.09. The molecule has 0 aliphatic carbocycles. The molecule has 2 aromatic rings. The number of nitrogens with one attached hydrogen (secondary N) is 1. The number of thiophene rings is 1. The fraction of sp³-hybridized carbons (Fsp3) is 0.0769. The van der Waals surface area contributed by atoms with E-state index in [2.05, 4.69) is 5.32 Å². The largest absolute Gasteiger partial charge is 0.467 e. The van der Waals surface area contributed by atoms with E-state index in [1.807, 2.05) is 22.9 Å². The Labute approximate surface area is 108 Å². The van der Waals surface area contributed by atoms with E-state index in [1.165, 1.54) is 17.6 Å². The highest BCUT2D eigenvalue weighted by Crippen LogP contribution is 2.11. The smallest absolute Gasteiger partial charge is 0.262 e. The molecule has 0 aromatic carbocycles. The summed E-state index contributed by atoms with van der Waals surface area (Å²) in [7, 11) is 0. The van der Waals surface area contributed by atoms with Gasteiger partial charge < -0.3 is 9.73 Å². The zero-order chi connectivity index (χ0) is 12.8. The number of amides is 1. The predicted octanol–water partition coefficient (Wildman–Crippen LogP) is 2.56. The van der Waals surface area contributed by atoms with Gasteiger partial charge in [0, 0.05) is 0 Å². The molecule has 1 amide bonds.